The third-order valence-electron chi connectivity index (χ3n) is 8.63. The van der Waals surface area contributed by atoms with Crippen LogP contribution in [0.4, 0.5) is 0 Å². The molecule has 8 nitrogen and oxygen atoms in total. The number of hydrogen-bond donors (Lipinski definition) is 4. The van der Waals surface area contributed by atoms with Crippen LogP contribution in [0.25, 0.3) is 11.1 Å². The van der Waals surface area contributed by atoms with Crippen molar-refractivity contribution >= 4 is 20.0 Å². The van der Waals surface area contributed by atoms with Crippen molar-refractivity contribution in [2.24, 2.45) is 11.5 Å². The largest absolute Gasteiger partial charge is 0.322 e. The van der Waals surface area contributed by atoms with Crippen molar-refractivity contribution in [2.75, 3.05) is 0 Å². The second kappa shape index (κ2) is 15.3. The highest BCUT2D eigenvalue weighted by Gasteiger charge is 2.29. The molecule has 0 saturated heterocycles. The molecule has 0 spiro atoms. The standard InChI is InChI=1S/C40H38N4O4S2/c41-37(31-13-5-1-6-14-31)39(33-17-9-3-10-18-33)43-49(45,46)35-25-21-29(22-26-35)30-23-27-36(28-24-30)50(47,48)44-40(34-19-11-4-12-20-34)38(42)32-15-7-2-8-16-32/h1-28,37-40,43-44H,41-42H2/t37-,38-,39-,40-/m1/s1. The van der Waals surface area contributed by atoms with E-state index in [1.54, 1.807) is 24.3 Å². The minimum absolute atomic E-state index is 0.0764. The molecule has 0 bridgehead atoms. The van der Waals surface area contributed by atoms with E-state index in [1.807, 2.05) is 121 Å². The number of benzene rings is 6. The minimum atomic E-state index is -3.98. The average Bonchev–Trinajstić information content (AvgIpc) is 3.17. The third kappa shape index (κ3) is 8.09. The Morgan fingerprint density at radius 1 is 0.360 bits per heavy atom. The van der Waals surface area contributed by atoms with Crippen LogP contribution < -0.4 is 20.9 Å². The fourth-order valence-corrected chi connectivity index (χ4v) is 8.37. The Bertz CT molecular complexity index is 2040. The summed E-state index contributed by atoms with van der Waals surface area (Å²) in [6, 6.07) is 47.4. The van der Waals surface area contributed by atoms with Gasteiger partial charge in [0.05, 0.1) is 34.0 Å². The molecule has 0 heterocycles. The van der Waals surface area contributed by atoms with Gasteiger partial charge in [-0.2, -0.15) is 0 Å². The van der Waals surface area contributed by atoms with E-state index in [0.29, 0.717) is 0 Å². The molecule has 6 rings (SSSR count). The van der Waals surface area contributed by atoms with Crippen molar-refractivity contribution in [3.05, 3.63) is 192 Å². The van der Waals surface area contributed by atoms with Crippen LogP contribution in [-0.4, -0.2) is 16.8 Å². The minimum Gasteiger partial charge on any atom is -0.322 e. The lowest BCUT2D eigenvalue weighted by Gasteiger charge is -2.26. The summed E-state index contributed by atoms with van der Waals surface area (Å²) in [5.74, 6) is 0. The molecule has 0 radical (unpaired) electrons. The van der Waals surface area contributed by atoms with E-state index in [-0.39, 0.29) is 9.79 Å². The summed E-state index contributed by atoms with van der Waals surface area (Å²) in [5, 5.41) is 0. The van der Waals surface area contributed by atoms with Crippen LogP contribution in [0.1, 0.15) is 46.4 Å². The zero-order valence-corrected chi connectivity index (χ0v) is 28.7. The van der Waals surface area contributed by atoms with Crippen molar-refractivity contribution in [2.45, 2.75) is 34.0 Å². The van der Waals surface area contributed by atoms with Crippen LogP contribution in [0.3, 0.4) is 0 Å². The lowest BCUT2D eigenvalue weighted by Crippen LogP contribution is -2.36. The first-order valence-corrected chi connectivity index (χ1v) is 19.1. The average molecular weight is 703 g/mol. The van der Waals surface area contributed by atoms with Crippen molar-refractivity contribution < 1.29 is 16.8 Å². The highest BCUT2D eigenvalue weighted by molar-refractivity contribution is 7.89. The monoisotopic (exact) mass is 702 g/mol. The van der Waals surface area contributed by atoms with Crippen LogP contribution in [-0.2, 0) is 20.0 Å². The lowest BCUT2D eigenvalue weighted by molar-refractivity contribution is 0.503. The molecular weight excluding hydrogens is 665 g/mol. The normalized spacial score (nSPS) is 14.4. The van der Waals surface area contributed by atoms with Crippen LogP contribution in [0, 0.1) is 0 Å². The van der Waals surface area contributed by atoms with Gasteiger partial charge in [-0.3, -0.25) is 0 Å². The van der Waals surface area contributed by atoms with Gasteiger partial charge in [-0.05, 0) is 57.6 Å². The summed E-state index contributed by atoms with van der Waals surface area (Å²) in [4.78, 5) is 0.153. The van der Waals surface area contributed by atoms with Gasteiger partial charge in [0.15, 0.2) is 0 Å². The summed E-state index contributed by atoms with van der Waals surface area (Å²) in [5.41, 5.74) is 17.8. The predicted molar refractivity (Wildman–Crippen MR) is 198 cm³/mol. The molecule has 4 atom stereocenters. The van der Waals surface area contributed by atoms with Gasteiger partial charge in [-0.25, -0.2) is 26.3 Å². The Hall–Kier alpha value is -4.94. The van der Waals surface area contributed by atoms with Gasteiger partial charge in [0.2, 0.25) is 20.0 Å². The van der Waals surface area contributed by atoms with Gasteiger partial charge < -0.3 is 11.5 Å². The number of rotatable bonds is 13. The molecule has 0 fully saturated rings. The fraction of sp³-hybridized carbons (Fsp3) is 0.100. The SMILES string of the molecule is N[C@H](c1ccccc1)[C@H](NS(=O)(=O)c1ccc(-c2ccc(S(=O)(=O)N[C@H](c3ccccc3)[C@H](N)c3ccccc3)cc2)cc1)c1ccccc1. The van der Waals surface area contributed by atoms with E-state index in [1.165, 1.54) is 24.3 Å². The van der Waals surface area contributed by atoms with Crippen LogP contribution in [0.15, 0.2) is 180 Å². The zero-order valence-electron chi connectivity index (χ0n) is 27.1. The topological polar surface area (TPSA) is 144 Å². The fourth-order valence-electron chi connectivity index (χ4n) is 5.88. The molecule has 0 saturated carbocycles. The molecule has 0 aliphatic heterocycles. The Labute approximate surface area is 293 Å². The van der Waals surface area contributed by atoms with Gasteiger partial charge in [0.1, 0.15) is 0 Å². The number of hydrogen-bond acceptors (Lipinski definition) is 6. The molecule has 50 heavy (non-hydrogen) atoms. The predicted octanol–water partition coefficient (Wildman–Crippen LogP) is 6.79. The van der Waals surface area contributed by atoms with Crippen molar-refractivity contribution in [1.82, 2.24) is 9.44 Å². The second-order valence-corrected chi connectivity index (χ2v) is 15.4. The van der Waals surface area contributed by atoms with E-state index >= 15 is 0 Å². The van der Waals surface area contributed by atoms with Crippen LogP contribution >= 0.6 is 0 Å². The van der Waals surface area contributed by atoms with E-state index in [4.69, 9.17) is 11.5 Å². The summed E-state index contributed by atoms with van der Waals surface area (Å²) in [7, 11) is -7.95. The first-order valence-electron chi connectivity index (χ1n) is 16.1. The Balaban J connectivity index is 1.20. The van der Waals surface area contributed by atoms with Crippen molar-refractivity contribution in [3.63, 3.8) is 0 Å². The molecule has 0 aromatic heterocycles. The van der Waals surface area contributed by atoms with Crippen molar-refractivity contribution in [1.29, 1.82) is 0 Å². The van der Waals surface area contributed by atoms with Gasteiger partial charge >= 0.3 is 0 Å². The molecule has 0 amide bonds. The quantitative estimate of drug-likeness (QED) is 0.104. The molecule has 6 N–H and O–H groups in total. The molecule has 0 aliphatic rings. The van der Waals surface area contributed by atoms with Gasteiger partial charge in [0.25, 0.3) is 0 Å². The first kappa shape index (κ1) is 34.9. The number of nitrogens with two attached hydrogens (primary N) is 2. The van der Waals surface area contributed by atoms with Crippen LogP contribution in [0.2, 0.25) is 0 Å². The number of sulfonamides is 2. The third-order valence-corrected chi connectivity index (χ3v) is 11.5. The molecule has 254 valence electrons. The second-order valence-electron chi connectivity index (χ2n) is 11.9. The molecule has 10 heteroatoms. The van der Waals surface area contributed by atoms with Gasteiger partial charge in [0, 0.05) is 0 Å². The summed E-state index contributed by atoms with van der Waals surface area (Å²) >= 11 is 0. The maximum Gasteiger partial charge on any atom is 0.241 e. The van der Waals surface area contributed by atoms with Gasteiger partial charge in [-0.1, -0.05) is 146 Å². The maximum absolute atomic E-state index is 13.6. The van der Waals surface area contributed by atoms with E-state index in [2.05, 4.69) is 9.44 Å². The highest BCUT2D eigenvalue weighted by atomic mass is 32.2. The maximum atomic E-state index is 13.6. The lowest BCUT2D eigenvalue weighted by atomic mass is 9.95. The summed E-state index contributed by atoms with van der Waals surface area (Å²) in [6.07, 6.45) is 0. The number of nitrogens with one attached hydrogen (secondary N) is 2. The van der Waals surface area contributed by atoms with Crippen molar-refractivity contribution in [3.8, 4) is 11.1 Å². The van der Waals surface area contributed by atoms with E-state index in [0.717, 1.165) is 33.4 Å². The first-order chi connectivity index (χ1) is 24.1. The van der Waals surface area contributed by atoms with Crippen LogP contribution in [0.5, 0.6) is 0 Å². The zero-order chi connectivity index (χ0) is 35.1. The molecule has 6 aromatic rings. The smallest absolute Gasteiger partial charge is 0.241 e. The van der Waals surface area contributed by atoms with E-state index in [9.17, 15) is 16.8 Å². The Kier molecular flexibility index (Phi) is 10.7. The van der Waals surface area contributed by atoms with Gasteiger partial charge in [-0.15, -0.1) is 0 Å². The summed E-state index contributed by atoms with van der Waals surface area (Å²) < 4.78 is 60.2. The Morgan fingerprint density at radius 3 is 0.900 bits per heavy atom. The molecular formula is C40H38N4O4S2. The van der Waals surface area contributed by atoms with E-state index < -0.39 is 44.2 Å². The Morgan fingerprint density at radius 2 is 0.620 bits per heavy atom. The molecule has 0 aliphatic carbocycles. The molecule has 0 unspecified atom stereocenters. The molecule has 6 aromatic carbocycles. The highest BCUT2D eigenvalue weighted by Crippen LogP contribution is 2.31. The summed E-state index contributed by atoms with van der Waals surface area (Å²) in [6.45, 7) is 0.